The molecule has 0 fully saturated rings. The van der Waals surface area contributed by atoms with Crippen molar-refractivity contribution in [2.24, 2.45) is 5.92 Å². The fourth-order valence-corrected chi connectivity index (χ4v) is 5.99. The Bertz CT molecular complexity index is 1240. The molecule has 1 aliphatic rings. The number of benzene rings is 4. The van der Waals surface area contributed by atoms with Gasteiger partial charge in [-0.05, 0) is 40.3 Å². The van der Waals surface area contributed by atoms with Gasteiger partial charge in [0.1, 0.15) is 11.6 Å². The van der Waals surface area contributed by atoms with Crippen molar-refractivity contribution in [3.8, 4) is 0 Å². The van der Waals surface area contributed by atoms with E-state index in [0.717, 1.165) is 33.8 Å². The molecule has 1 aliphatic carbocycles. The molecule has 3 atom stereocenters. The molecule has 0 saturated carbocycles. The summed E-state index contributed by atoms with van der Waals surface area (Å²) >= 11 is 0. The number of hydrogen-bond donors (Lipinski definition) is 1. The van der Waals surface area contributed by atoms with Gasteiger partial charge in [-0.2, -0.15) is 0 Å². The molecule has 4 aromatic rings. The van der Waals surface area contributed by atoms with Crippen molar-refractivity contribution in [1.29, 1.82) is 0 Å². The lowest BCUT2D eigenvalue weighted by Crippen LogP contribution is -2.52. The van der Waals surface area contributed by atoms with Gasteiger partial charge in [0.25, 0.3) is 0 Å². The Labute approximate surface area is 191 Å². The predicted octanol–water partition coefficient (Wildman–Crippen LogP) is 6.09. The third-order valence-electron chi connectivity index (χ3n) is 7.25. The molecule has 5 rings (SSSR count). The molecule has 0 aliphatic heterocycles. The van der Waals surface area contributed by atoms with Gasteiger partial charge >= 0.3 is 0 Å². The quantitative estimate of drug-likeness (QED) is 0.395. The summed E-state index contributed by atoms with van der Waals surface area (Å²) in [4.78, 5) is 0. The van der Waals surface area contributed by atoms with Crippen molar-refractivity contribution in [2.75, 3.05) is 21.1 Å². The Kier molecular flexibility index (Phi) is 5.16. The minimum absolute atomic E-state index is 0.0330. The Hall–Kier alpha value is -2.94. The Morgan fingerprint density at radius 2 is 1.38 bits per heavy atom. The van der Waals surface area contributed by atoms with Crippen LogP contribution in [0, 0.1) is 5.92 Å². The number of aliphatic hydroxyl groups is 1. The second-order valence-corrected chi connectivity index (χ2v) is 10.1. The van der Waals surface area contributed by atoms with Crippen LogP contribution in [0.25, 0.3) is 10.8 Å². The summed E-state index contributed by atoms with van der Waals surface area (Å²) in [6, 6.07) is 34.2. The van der Waals surface area contributed by atoms with E-state index in [2.05, 4.69) is 118 Å². The van der Waals surface area contributed by atoms with Gasteiger partial charge in [0.05, 0.1) is 27.1 Å². The van der Waals surface area contributed by atoms with Crippen LogP contribution < -0.4 is 0 Å². The van der Waals surface area contributed by atoms with E-state index in [1.165, 1.54) is 16.5 Å². The monoisotopic (exact) mass is 422 g/mol. The highest BCUT2D eigenvalue weighted by atomic mass is 16.3. The maximum Gasteiger partial charge on any atom is 0.124 e. The van der Waals surface area contributed by atoms with E-state index < -0.39 is 5.60 Å². The van der Waals surface area contributed by atoms with Crippen molar-refractivity contribution >= 4 is 10.8 Å². The van der Waals surface area contributed by atoms with Gasteiger partial charge < -0.3 is 9.59 Å². The van der Waals surface area contributed by atoms with Crippen LogP contribution >= 0.6 is 0 Å². The van der Waals surface area contributed by atoms with Gasteiger partial charge in [0.2, 0.25) is 0 Å². The number of quaternary nitrogens is 1. The lowest BCUT2D eigenvalue weighted by Gasteiger charge is -2.49. The van der Waals surface area contributed by atoms with E-state index in [4.69, 9.17) is 0 Å². The van der Waals surface area contributed by atoms with Crippen molar-refractivity contribution in [3.05, 3.63) is 119 Å². The molecule has 0 radical (unpaired) electrons. The summed E-state index contributed by atoms with van der Waals surface area (Å²) in [5, 5.41) is 15.2. The molecule has 2 heteroatoms. The maximum absolute atomic E-state index is 12.9. The van der Waals surface area contributed by atoms with Crippen LogP contribution in [0.5, 0.6) is 0 Å². The van der Waals surface area contributed by atoms with Gasteiger partial charge in [-0.3, -0.25) is 0 Å². The molecular formula is C30H32NO+. The zero-order valence-electron chi connectivity index (χ0n) is 19.2. The van der Waals surface area contributed by atoms with Crippen LogP contribution in [0.15, 0.2) is 97.1 Å². The van der Waals surface area contributed by atoms with Gasteiger partial charge in [0, 0.05) is 5.56 Å². The van der Waals surface area contributed by atoms with Crippen LogP contribution in [0.3, 0.4) is 0 Å². The third kappa shape index (κ3) is 3.35. The minimum Gasteiger partial charge on any atom is -0.380 e. The molecule has 0 spiro atoms. The number of fused-ring (bicyclic) bond motifs is 2. The van der Waals surface area contributed by atoms with Gasteiger partial charge in [0.15, 0.2) is 0 Å². The predicted molar refractivity (Wildman–Crippen MR) is 132 cm³/mol. The Balaban J connectivity index is 1.81. The maximum atomic E-state index is 12.9. The van der Waals surface area contributed by atoms with E-state index in [9.17, 15) is 5.11 Å². The molecule has 0 saturated heterocycles. The van der Waals surface area contributed by atoms with E-state index >= 15 is 0 Å². The van der Waals surface area contributed by atoms with Gasteiger partial charge in [-0.15, -0.1) is 0 Å². The molecule has 0 unspecified atom stereocenters. The number of aryl methyl sites for hydroxylation is 1. The molecule has 2 nitrogen and oxygen atoms in total. The largest absolute Gasteiger partial charge is 0.380 e. The fraction of sp³-hybridized carbons (Fsp3) is 0.267. The topological polar surface area (TPSA) is 20.2 Å². The van der Waals surface area contributed by atoms with Gasteiger partial charge in [-0.25, -0.2) is 0 Å². The fourth-order valence-electron chi connectivity index (χ4n) is 5.99. The first-order valence-electron chi connectivity index (χ1n) is 11.6. The lowest BCUT2D eigenvalue weighted by molar-refractivity contribution is -0.908. The van der Waals surface area contributed by atoms with E-state index in [1.807, 2.05) is 0 Å². The summed E-state index contributed by atoms with van der Waals surface area (Å²) in [7, 11) is 6.76. The molecule has 32 heavy (non-hydrogen) atoms. The summed E-state index contributed by atoms with van der Waals surface area (Å²) in [6.07, 6.45) is 1.92. The molecular weight excluding hydrogens is 390 g/mol. The third-order valence-corrected chi connectivity index (χ3v) is 7.25. The first-order valence-corrected chi connectivity index (χ1v) is 11.6. The SMILES string of the molecule is C[N+](C)(C)[C@@H](c1ccccc1)[C@@H]1CCc2ccccc2[C@]1(O)c1cccc2ccccc12. The molecule has 4 aromatic carbocycles. The van der Waals surface area contributed by atoms with Crippen LogP contribution in [0.2, 0.25) is 0 Å². The summed E-state index contributed by atoms with van der Waals surface area (Å²) in [6.45, 7) is 0. The summed E-state index contributed by atoms with van der Waals surface area (Å²) in [5.41, 5.74) is 3.53. The molecule has 0 heterocycles. The molecule has 1 N–H and O–H groups in total. The summed E-state index contributed by atoms with van der Waals surface area (Å²) in [5.74, 6) is 0.0330. The van der Waals surface area contributed by atoms with E-state index in [-0.39, 0.29) is 12.0 Å². The zero-order chi connectivity index (χ0) is 22.3. The lowest BCUT2D eigenvalue weighted by atomic mass is 9.63. The van der Waals surface area contributed by atoms with Crippen LogP contribution in [0.4, 0.5) is 0 Å². The molecule has 162 valence electrons. The molecule has 0 bridgehead atoms. The first-order chi connectivity index (χ1) is 15.4. The Morgan fingerprint density at radius 3 is 2.16 bits per heavy atom. The second kappa shape index (κ2) is 7.88. The van der Waals surface area contributed by atoms with Crippen LogP contribution in [-0.2, 0) is 12.0 Å². The standard InChI is InChI=1S/C30H32NO/c1-31(2,3)29(24-14-5-4-6-15-24)28-21-20-23-13-8-10-18-26(23)30(28,32)27-19-11-16-22-12-7-9-17-25(22)27/h4-19,28-29,32H,20-21H2,1-3H3/q+1/t28-,29-,30-/m0/s1. The Morgan fingerprint density at radius 1 is 0.750 bits per heavy atom. The second-order valence-electron chi connectivity index (χ2n) is 10.1. The highest BCUT2D eigenvalue weighted by Crippen LogP contribution is 2.53. The number of hydrogen-bond acceptors (Lipinski definition) is 1. The molecule has 0 amide bonds. The van der Waals surface area contributed by atoms with Crippen molar-refractivity contribution in [3.63, 3.8) is 0 Å². The van der Waals surface area contributed by atoms with Crippen molar-refractivity contribution in [2.45, 2.75) is 24.5 Å². The smallest absolute Gasteiger partial charge is 0.124 e. The highest BCUT2D eigenvalue weighted by molar-refractivity contribution is 5.87. The highest BCUT2D eigenvalue weighted by Gasteiger charge is 2.52. The first kappa shape index (κ1) is 20.9. The van der Waals surface area contributed by atoms with Crippen LogP contribution in [-0.4, -0.2) is 30.7 Å². The molecule has 0 aromatic heterocycles. The average Bonchev–Trinajstić information content (AvgIpc) is 2.80. The van der Waals surface area contributed by atoms with E-state index in [1.54, 1.807) is 0 Å². The van der Waals surface area contributed by atoms with Crippen molar-refractivity contribution in [1.82, 2.24) is 0 Å². The zero-order valence-corrected chi connectivity index (χ0v) is 19.2. The van der Waals surface area contributed by atoms with Crippen LogP contribution in [0.1, 0.15) is 34.7 Å². The number of nitrogens with zero attached hydrogens (tertiary/aromatic N) is 1. The van der Waals surface area contributed by atoms with E-state index in [0.29, 0.717) is 0 Å². The van der Waals surface area contributed by atoms with Crippen molar-refractivity contribution < 1.29 is 9.59 Å². The summed E-state index contributed by atoms with van der Waals surface area (Å²) < 4.78 is 0.754. The minimum atomic E-state index is -1.08. The van der Waals surface area contributed by atoms with Gasteiger partial charge in [-0.1, -0.05) is 97.1 Å². The number of rotatable bonds is 4. The normalized spacial score (nSPS) is 21.8. The average molecular weight is 423 g/mol.